The Morgan fingerprint density at radius 2 is 1.83 bits per heavy atom. The van der Waals surface area contributed by atoms with E-state index in [1.165, 1.54) is 0 Å². The topological polar surface area (TPSA) is 72.4 Å². The van der Waals surface area contributed by atoms with Gasteiger partial charge < -0.3 is 24.4 Å². The maximum absolute atomic E-state index is 12.3. The average Bonchev–Trinajstić information content (AvgIpc) is 2.88. The van der Waals surface area contributed by atoms with Crippen molar-refractivity contribution in [2.45, 2.75) is 6.92 Å². The number of para-hydroxylation sites is 1. The van der Waals surface area contributed by atoms with Crippen molar-refractivity contribution in [3.63, 3.8) is 0 Å². The first-order valence-corrected chi connectivity index (χ1v) is 11.9. The molecule has 1 heterocycles. The number of rotatable bonds is 9. The molecule has 0 spiro atoms. The minimum Gasteiger partial charge on any atom is -0.490 e. The number of anilines is 2. The second-order valence-electron chi connectivity index (χ2n) is 7.84. The van der Waals surface area contributed by atoms with Crippen LogP contribution in [0.1, 0.15) is 12.5 Å². The van der Waals surface area contributed by atoms with E-state index >= 15 is 0 Å². The third-order valence-electron chi connectivity index (χ3n) is 5.33. The highest BCUT2D eigenvalue weighted by molar-refractivity contribution is 6.32. The Kier molecular flexibility index (Phi) is 8.59. The van der Waals surface area contributed by atoms with Gasteiger partial charge in [-0.3, -0.25) is 9.79 Å². The van der Waals surface area contributed by atoms with Gasteiger partial charge in [-0.1, -0.05) is 29.8 Å². The van der Waals surface area contributed by atoms with Crippen LogP contribution in [-0.2, 0) is 9.53 Å². The molecule has 0 radical (unpaired) electrons. The quantitative estimate of drug-likeness (QED) is 0.407. The second-order valence-corrected chi connectivity index (χ2v) is 8.25. The van der Waals surface area contributed by atoms with E-state index in [9.17, 15) is 4.79 Å². The monoisotopic (exact) mass is 493 g/mol. The number of carbonyl (C=O) groups excluding carboxylic acids is 1. The van der Waals surface area contributed by atoms with E-state index in [-0.39, 0.29) is 12.5 Å². The summed E-state index contributed by atoms with van der Waals surface area (Å²) in [5, 5.41) is 3.12. The first-order chi connectivity index (χ1) is 17.1. The Hall–Kier alpha value is -3.55. The Bertz CT molecular complexity index is 1150. The molecule has 0 unspecified atom stereocenters. The highest BCUT2D eigenvalue weighted by atomic mass is 35.5. The van der Waals surface area contributed by atoms with Crippen molar-refractivity contribution >= 4 is 40.8 Å². The maximum atomic E-state index is 12.3. The number of hydrogen-bond donors (Lipinski definition) is 1. The lowest BCUT2D eigenvalue weighted by atomic mass is 10.2. The van der Waals surface area contributed by atoms with Crippen molar-refractivity contribution in [3.8, 4) is 11.5 Å². The number of halogens is 1. The van der Waals surface area contributed by atoms with Crippen LogP contribution in [-0.4, -0.2) is 51.6 Å². The number of carbonyl (C=O) groups is 1. The number of morpholine rings is 1. The predicted molar refractivity (Wildman–Crippen MR) is 140 cm³/mol. The molecular formula is C27H28ClN3O4. The van der Waals surface area contributed by atoms with Crippen LogP contribution in [0.3, 0.4) is 0 Å². The molecule has 0 aliphatic carbocycles. The molecule has 4 rings (SSSR count). The van der Waals surface area contributed by atoms with Crippen molar-refractivity contribution < 1.29 is 19.0 Å². The number of benzene rings is 3. The summed E-state index contributed by atoms with van der Waals surface area (Å²) in [6, 6.07) is 20.8. The van der Waals surface area contributed by atoms with Gasteiger partial charge in [0, 0.05) is 30.7 Å². The average molecular weight is 494 g/mol. The summed E-state index contributed by atoms with van der Waals surface area (Å²) in [7, 11) is 0. The van der Waals surface area contributed by atoms with Gasteiger partial charge in [-0.05, 0) is 61.0 Å². The van der Waals surface area contributed by atoms with Crippen molar-refractivity contribution in [1.29, 1.82) is 0 Å². The molecule has 0 atom stereocenters. The van der Waals surface area contributed by atoms with Gasteiger partial charge in [0.1, 0.15) is 0 Å². The van der Waals surface area contributed by atoms with Gasteiger partial charge in [-0.2, -0.15) is 0 Å². The van der Waals surface area contributed by atoms with Crippen molar-refractivity contribution in [1.82, 2.24) is 0 Å². The smallest absolute Gasteiger partial charge is 0.262 e. The molecule has 1 aliphatic heterocycles. The van der Waals surface area contributed by atoms with Gasteiger partial charge >= 0.3 is 0 Å². The number of nitrogens with zero attached hydrogens (tertiary/aromatic N) is 2. The molecule has 0 bridgehead atoms. The molecule has 0 saturated carbocycles. The molecule has 3 aromatic rings. The molecule has 182 valence electrons. The van der Waals surface area contributed by atoms with Crippen LogP contribution in [0.25, 0.3) is 0 Å². The van der Waals surface area contributed by atoms with Gasteiger partial charge in [0.15, 0.2) is 18.1 Å². The molecule has 1 N–H and O–H groups in total. The Labute approximate surface area is 210 Å². The molecule has 1 aliphatic rings. The second kappa shape index (κ2) is 12.2. The largest absolute Gasteiger partial charge is 0.490 e. The lowest BCUT2D eigenvalue weighted by Crippen LogP contribution is -2.36. The molecule has 1 fully saturated rings. The van der Waals surface area contributed by atoms with Gasteiger partial charge in [0.2, 0.25) is 0 Å². The summed E-state index contributed by atoms with van der Waals surface area (Å²) < 4.78 is 16.9. The summed E-state index contributed by atoms with van der Waals surface area (Å²) >= 11 is 6.49. The lowest BCUT2D eigenvalue weighted by molar-refractivity contribution is -0.118. The molecular weight excluding hydrogens is 466 g/mol. The number of nitrogens with one attached hydrogen (secondary N) is 1. The van der Waals surface area contributed by atoms with E-state index in [1.807, 2.05) is 37.3 Å². The standard InChI is InChI=1S/C27H28ClN3O4/c1-2-34-25-17-20(18-29-21-8-10-23(11-9-21)31-12-14-33-15-13-31)16-24(28)27(25)35-19-26(32)30-22-6-4-3-5-7-22/h3-11,16-18H,2,12-15,19H2,1H3,(H,30,32). The third-order valence-corrected chi connectivity index (χ3v) is 5.61. The van der Waals surface area contributed by atoms with Crippen LogP contribution in [0.4, 0.5) is 17.1 Å². The van der Waals surface area contributed by atoms with E-state index in [4.69, 9.17) is 25.8 Å². The summed E-state index contributed by atoms with van der Waals surface area (Å²) in [6.07, 6.45) is 1.73. The normalized spacial score (nSPS) is 13.6. The van der Waals surface area contributed by atoms with Gasteiger partial charge in [0.25, 0.3) is 5.91 Å². The van der Waals surface area contributed by atoms with Crippen LogP contribution in [0.15, 0.2) is 71.7 Å². The van der Waals surface area contributed by atoms with Gasteiger partial charge in [-0.15, -0.1) is 0 Å². The first-order valence-electron chi connectivity index (χ1n) is 11.5. The fraction of sp³-hybridized carbons (Fsp3) is 0.259. The van der Waals surface area contributed by atoms with E-state index < -0.39 is 0 Å². The fourth-order valence-corrected chi connectivity index (χ4v) is 3.92. The molecule has 1 saturated heterocycles. The Morgan fingerprint density at radius 3 is 2.54 bits per heavy atom. The number of hydrogen-bond acceptors (Lipinski definition) is 6. The first kappa shape index (κ1) is 24.6. The number of aliphatic imine (C=N–C) groups is 1. The summed E-state index contributed by atoms with van der Waals surface area (Å²) in [4.78, 5) is 19.1. The summed E-state index contributed by atoms with van der Waals surface area (Å²) in [5.74, 6) is 0.487. The Morgan fingerprint density at radius 1 is 1.09 bits per heavy atom. The van der Waals surface area contributed by atoms with Gasteiger partial charge in [-0.25, -0.2) is 0 Å². The maximum Gasteiger partial charge on any atom is 0.262 e. The van der Waals surface area contributed by atoms with Crippen LogP contribution < -0.4 is 19.7 Å². The third kappa shape index (κ3) is 6.97. The zero-order valence-electron chi connectivity index (χ0n) is 19.6. The van der Waals surface area contributed by atoms with Crippen LogP contribution in [0.2, 0.25) is 5.02 Å². The molecule has 8 heteroatoms. The summed E-state index contributed by atoms with van der Waals surface area (Å²) in [5.41, 5.74) is 3.44. The van der Waals surface area contributed by atoms with Crippen molar-refractivity contribution in [3.05, 3.63) is 77.3 Å². The SMILES string of the molecule is CCOc1cc(C=Nc2ccc(N3CCOCC3)cc2)cc(Cl)c1OCC(=O)Nc1ccccc1. The Balaban J connectivity index is 1.42. The van der Waals surface area contributed by atoms with E-state index in [2.05, 4.69) is 27.3 Å². The number of ether oxygens (including phenoxy) is 3. The predicted octanol–water partition coefficient (Wildman–Crippen LogP) is 5.34. The summed E-state index contributed by atoms with van der Waals surface area (Å²) in [6.45, 7) is 5.38. The molecule has 0 aromatic heterocycles. The number of amides is 1. The van der Waals surface area contributed by atoms with Crippen LogP contribution in [0, 0.1) is 0 Å². The van der Waals surface area contributed by atoms with Crippen molar-refractivity contribution in [2.24, 2.45) is 4.99 Å². The van der Waals surface area contributed by atoms with Crippen molar-refractivity contribution in [2.75, 3.05) is 49.7 Å². The molecule has 7 nitrogen and oxygen atoms in total. The van der Waals surface area contributed by atoms with E-state index in [0.29, 0.717) is 28.8 Å². The van der Waals surface area contributed by atoms with E-state index in [0.717, 1.165) is 43.2 Å². The zero-order chi connectivity index (χ0) is 24.5. The van der Waals surface area contributed by atoms with E-state index in [1.54, 1.807) is 30.5 Å². The highest BCUT2D eigenvalue weighted by Gasteiger charge is 2.15. The highest BCUT2D eigenvalue weighted by Crippen LogP contribution is 2.36. The molecule has 3 aromatic carbocycles. The molecule has 1 amide bonds. The van der Waals surface area contributed by atoms with Crippen LogP contribution in [0.5, 0.6) is 11.5 Å². The minimum atomic E-state index is -0.291. The minimum absolute atomic E-state index is 0.197. The lowest BCUT2D eigenvalue weighted by Gasteiger charge is -2.28. The van der Waals surface area contributed by atoms with Crippen LogP contribution >= 0.6 is 11.6 Å². The molecule has 35 heavy (non-hydrogen) atoms. The van der Waals surface area contributed by atoms with Gasteiger partial charge in [0.05, 0.1) is 30.5 Å². The zero-order valence-corrected chi connectivity index (χ0v) is 20.3. The fourth-order valence-electron chi connectivity index (χ4n) is 3.64.